The number of fused-ring (bicyclic) bond motifs is 3. The summed E-state index contributed by atoms with van der Waals surface area (Å²) in [6.45, 7) is 25.5. The molecule has 3 aromatic carbocycles. The lowest BCUT2D eigenvalue weighted by molar-refractivity contribution is -0.00235. The molecule has 58 heavy (non-hydrogen) atoms. The summed E-state index contributed by atoms with van der Waals surface area (Å²) in [5.74, 6) is 1.94. The molecule has 314 valence electrons. The number of ether oxygens (including phenoxy) is 2. The first-order valence-electron chi connectivity index (χ1n) is 20.7. The number of benzene rings is 3. The van der Waals surface area contributed by atoms with Gasteiger partial charge in [-0.3, -0.25) is 4.68 Å². The van der Waals surface area contributed by atoms with Gasteiger partial charge >= 0.3 is 5.97 Å². The predicted octanol–water partition coefficient (Wildman–Crippen LogP) is 10.1. The van der Waals surface area contributed by atoms with Crippen molar-refractivity contribution >= 4 is 39.2 Å². The highest BCUT2D eigenvalue weighted by Gasteiger charge is 2.36. The number of aryl methyl sites for hydroxylation is 3. The van der Waals surface area contributed by atoms with Crippen LogP contribution in [0.2, 0.25) is 5.02 Å². The summed E-state index contributed by atoms with van der Waals surface area (Å²) in [4.78, 5) is 30.6. The molecule has 2 fully saturated rings. The Morgan fingerprint density at radius 3 is 2.17 bits per heavy atom. The van der Waals surface area contributed by atoms with E-state index < -0.39 is 11.2 Å². The molecule has 5 aromatic rings. The zero-order chi connectivity index (χ0) is 42.4. The van der Waals surface area contributed by atoms with E-state index in [2.05, 4.69) is 56.2 Å². The summed E-state index contributed by atoms with van der Waals surface area (Å²) >= 11 is 7.14. The predicted molar refractivity (Wildman–Crippen MR) is 236 cm³/mol. The van der Waals surface area contributed by atoms with Gasteiger partial charge in [-0.15, -0.1) is 4.91 Å². The molecular formula is C46H63ClN6O5. The normalized spacial score (nSPS) is 16.7. The number of nitrogens with one attached hydrogen (secondary N) is 1. The number of carbonyl (C=O) groups excluding carboxylic acids is 1. The number of nitrogens with zero attached hydrogens (tertiary/aromatic N) is 5. The van der Waals surface area contributed by atoms with Crippen LogP contribution in [0.4, 0.5) is 0 Å². The lowest BCUT2D eigenvalue weighted by Gasteiger charge is -2.23. The number of hydrogen-bond donors (Lipinski definition) is 1. The van der Waals surface area contributed by atoms with Crippen molar-refractivity contribution < 1.29 is 19.1 Å². The maximum atomic E-state index is 14.4. The standard InChI is InChI=1S/C40H48ClN5O3.C4H9NO2.C2H6/c1-25-35(26(2)44(6)43-25)36-33(41)17-16-32-31(14-10-20-48-34-15-9-12-27-11-7-8-13-30(27)34)38(39(47)49-40(3,4)5)46(37(32)36)19-18-45-23-28-21-42-22-29(28)24-45;1-4(2,3)7-5-6;1-2/h7-9,11-13,15-17,28-29,42H,10,14,18-24H2,1-6H3;1-3H3;1-2H3. The van der Waals surface area contributed by atoms with Gasteiger partial charge in [-0.2, -0.15) is 5.10 Å². The minimum absolute atomic E-state index is 0.308. The van der Waals surface area contributed by atoms with Crippen LogP contribution in [0.15, 0.2) is 59.9 Å². The highest BCUT2D eigenvalue weighted by atomic mass is 35.5. The fourth-order valence-electron chi connectivity index (χ4n) is 8.14. The van der Waals surface area contributed by atoms with E-state index in [0.717, 1.165) is 94.6 Å². The highest BCUT2D eigenvalue weighted by molar-refractivity contribution is 6.35. The van der Waals surface area contributed by atoms with Crippen LogP contribution in [0.3, 0.4) is 0 Å². The van der Waals surface area contributed by atoms with Crippen LogP contribution < -0.4 is 10.1 Å². The maximum Gasteiger partial charge on any atom is 0.355 e. The van der Waals surface area contributed by atoms with Gasteiger partial charge in [0.1, 0.15) is 22.6 Å². The third-order valence-corrected chi connectivity index (χ3v) is 10.9. The third-order valence-electron chi connectivity index (χ3n) is 10.6. The van der Waals surface area contributed by atoms with E-state index in [4.69, 9.17) is 26.2 Å². The van der Waals surface area contributed by atoms with Gasteiger partial charge in [0.2, 0.25) is 0 Å². The van der Waals surface area contributed by atoms with E-state index in [0.29, 0.717) is 42.1 Å². The molecule has 0 spiro atoms. The molecule has 2 unspecified atom stereocenters. The van der Waals surface area contributed by atoms with Crippen LogP contribution >= 0.6 is 11.6 Å². The van der Waals surface area contributed by atoms with Crippen LogP contribution in [0.5, 0.6) is 5.75 Å². The molecule has 1 N–H and O–H groups in total. The van der Waals surface area contributed by atoms with Crippen molar-refractivity contribution in [2.24, 2.45) is 24.2 Å². The van der Waals surface area contributed by atoms with Crippen molar-refractivity contribution in [3.8, 4) is 16.9 Å². The van der Waals surface area contributed by atoms with Gasteiger partial charge in [-0.25, -0.2) is 4.79 Å². The molecule has 0 aliphatic carbocycles. The monoisotopic (exact) mass is 814 g/mol. The van der Waals surface area contributed by atoms with Crippen molar-refractivity contribution in [2.45, 2.75) is 99.8 Å². The number of hydrogen-bond acceptors (Lipinski definition) is 9. The summed E-state index contributed by atoms with van der Waals surface area (Å²) in [5, 5.41) is 14.5. The van der Waals surface area contributed by atoms with Gasteiger partial charge in [0.05, 0.1) is 22.8 Å². The van der Waals surface area contributed by atoms with Crippen LogP contribution in [0, 0.1) is 30.6 Å². The lowest BCUT2D eigenvalue weighted by Crippen LogP contribution is -2.31. The summed E-state index contributed by atoms with van der Waals surface area (Å²) < 4.78 is 16.6. The summed E-state index contributed by atoms with van der Waals surface area (Å²) in [5.41, 5.74) is 5.36. The largest absolute Gasteiger partial charge is 0.493 e. The molecule has 2 saturated heterocycles. The maximum absolute atomic E-state index is 14.4. The molecule has 7 rings (SSSR count). The molecule has 0 amide bonds. The molecule has 2 aromatic heterocycles. The SMILES string of the molecule is CC.CC(C)(C)ON=O.Cc1nn(C)c(C)c1-c1c(Cl)ccc2c(CCCOc3cccc4ccccc34)c(C(=O)OC(C)(C)C)n(CCN3CC4CNCC4C3)c12. The summed E-state index contributed by atoms with van der Waals surface area (Å²) in [7, 11) is 1.96. The Morgan fingerprint density at radius 1 is 0.897 bits per heavy atom. The Hall–Kier alpha value is -4.45. The smallest absolute Gasteiger partial charge is 0.355 e. The molecule has 11 nitrogen and oxygen atoms in total. The van der Waals surface area contributed by atoms with Gasteiger partial charge in [-0.05, 0) is 116 Å². The highest BCUT2D eigenvalue weighted by Crippen LogP contribution is 2.42. The van der Waals surface area contributed by atoms with Crippen LogP contribution in [-0.2, 0) is 29.6 Å². The number of esters is 1. The first-order valence-corrected chi connectivity index (χ1v) is 21.1. The van der Waals surface area contributed by atoms with Gasteiger partial charge in [0.25, 0.3) is 0 Å². The van der Waals surface area contributed by atoms with Crippen molar-refractivity contribution in [3.63, 3.8) is 0 Å². The Morgan fingerprint density at radius 2 is 1.57 bits per heavy atom. The van der Waals surface area contributed by atoms with Crippen molar-refractivity contribution in [1.82, 2.24) is 24.6 Å². The second-order valence-corrected chi connectivity index (χ2v) is 17.5. The van der Waals surface area contributed by atoms with Crippen molar-refractivity contribution in [1.29, 1.82) is 0 Å². The topological polar surface area (TPSA) is 112 Å². The molecule has 12 heteroatoms. The van der Waals surface area contributed by atoms with Crippen molar-refractivity contribution in [3.05, 3.63) is 87.2 Å². The zero-order valence-corrected chi connectivity index (χ0v) is 37.1. The van der Waals surface area contributed by atoms with Gasteiger partial charge in [-0.1, -0.05) is 67.9 Å². The van der Waals surface area contributed by atoms with Gasteiger partial charge in [0, 0.05) is 60.8 Å². The van der Waals surface area contributed by atoms with Crippen LogP contribution in [0.25, 0.3) is 32.8 Å². The van der Waals surface area contributed by atoms with E-state index in [1.807, 2.05) is 83.6 Å². The quantitative estimate of drug-likeness (QED) is 0.0607. The van der Waals surface area contributed by atoms with E-state index in [9.17, 15) is 9.70 Å². The Kier molecular flexibility index (Phi) is 14.7. The number of halogens is 1. The molecule has 2 aliphatic heterocycles. The average Bonchev–Trinajstić information content (AvgIpc) is 3.90. The second-order valence-electron chi connectivity index (χ2n) is 17.1. The minimum atomic E-state index is -0.649. The molecule has 0 saturated carbocycles. The molecule has 2 atom stereocenters. The van der Waals surface area contributed by atoms with E-state index in [-0.39, 0.29) is 5.97 Å². The van der Waals surface area contributed by atoms with Crippen molar-refractivity contribution in [2.75, 3.05) is 39.3 Å². The Bertz CT molecular complexity index is 2180. The molecule has 4 heterocycles. The first kappa shape index (κ1) is 44.6. The minimum Gasteiger partial charge on any atom is -0.493 e. The molecule has 0 radical (unpaired) electrons. The number of likely N-dealkylation sites (tertiary alicyclic amines) is 1. The molecule has 2 aliphatic rings. The first-order chi connectivity index (χ1) is 27.6. The fraction of sp³-hybridized carbons (Fsp3) is 0.522. The number of rotatable bonds is 11. The molecular weight excluding hydrogens is 752 g/mol. The number of carbonyl (C=O) groups is 1. The van der Waals surface area contributed by atoms with E-state index in [1.54, 1.807) is 20.8 Å². The second kappa shape index (κ2) is 19.1. The lowest BCUT2D eigenvalue weighted by atomic mass is 9.98. The van der Waals surface area contributed by atoms with E-state index in [1.165, 1.54) is 0 Å². The van der Waals surface area contributed by atoms with Crippen LogP contribution in [0.1, 0.15) is 89.3 Å². The molecule has 0 bridgehead atoms. The average molecular weight is 815 g/mol. The van der Waals surface area contributed by atoms with Crippen LogP contribution in [-0.4, -0.2) is 75.7 Å². The number of aromatic nitrogens is 3. The third kappa shape index (κ3) is 10.4. The Labute approximate surface area is 349 Å². The van der Waals surface area contributed by atoms with Gasteiger partial charge < -0.3 is 29.1 Å². The van der Waals surface area contributed by atoms with E-state index >= 15 is 0 Å². The Balaban J connectivity index is 0.000000645. The zero-order valence-electron chi connectivity index (χ0n) is 36.4. The van der Waals surface area contributed by atoms with Gasteiger partial charge in [0.15, 0.2) is 5.34 Å². The summed E-state index contributed by atoms with van der Waals surface area (Å²) in [6, 6.07) is 18.5. The summed E-state index contributed by atoms with van der Waals surface area (Å²) in [6.07, 6.45) is 1.37. The fourth-order valence-corrected chi connectivity index (χ4v) is 8.39.